The van der Waals surface area contributed by atoms with Crippen molar-refractivity contribution in [2.24, 2.45) is 0 Å². The van der Waals surface area contributed by atoms with Gasteiger partial charge in [0.25, 0.3) is 0 Å². The maximum absolute atomic E-state index is 3.47. The summed E-state index contributed by atoms with van der Waals surface area (Å²) in [4.78, 5) is 2.63. The summed E-state index contributed by atoms with van der Waals surface area (Å²) in [6, 6.07) is 1.49. The van der Waals surface area contributed by atoms with E-state index in [9.17, 15) is 0 Å². The zero-order chi connectivity index (χ0) is 8.97. The van der Waals surface area contributed by atoms with E-state index in [2.05, 4.69) is 31.0 Å². The van der Waals surface area contributed by atoms with Crippen LogP contribution in [0.3, 0.4) is 0 Å². The van der Waals surface area contributed by atoms with Gasteiger partial charge in [0.05, 0.1) is 0 Å². The fourth-order valence-electron chi connectivity index (χ4n) is 2.10. The Hall–Kier alpha value is -0.0800. The Morgan fingerprint density at radius 3 is 2.58 bits per heavy atom. The molecule has 0 aliphatic carbocycles. The molecule has 72 valence electrons. The van der Waals surface area contributed by atoms with Crippen LogP contribution in [-0.2, 0) is 0 Å². The summed E-state index contributed by atoms with van der Waals surface area (Å²) in [5.41, 5.74) is 0. The number of hydrogen-bond acceptors (Lipinski definition) is 2. The lowest BCUT2D eigenvalue weighted by Crippen LogP contribution is -2.52. The first kappa shape index (κ1) is 10.0. The van der Waals surface area contributed by atoms with Gasteiger partial charge in [0.2, 0.25) is 0 Å². The fourth-order valence-corrected chi connectivity index (χ4v) is 2.10. The van der Waals surface area contributed by atoms with Crippen molar-refractivity contribution in [1.29, 1.82) is 0 Å². The maximum Gasteiger partial charge on any atom is 0.0167 e. The van der Waals surface area contributed by atoms with Gasteiger partial charge in [-0.3, -0.25) is 4.90 Å². The van der Waals surface area contributed by atoms with Gasteiger partial charge in [-0.2, -0.15) is 0 Å². The van der Waals surface area contributed by atoms with Crippen LogP contribution in [0.4, 0.5) is 0 Å². The fraction of sp³-hybridized carbons (Fsp3) is 1.00. The minimum atomic E-state index is 0.680. The molecule has 1 atom stereocenters. The second-order valence-corrected chi connectivity index (χ2v) is 3.82. The molecule has 0 aromatic carbocycles. The summed E-state index contributed by atoms with van der Waals surface area (Å²) in [7, 11) is 0. The highest BCUT2D eigenvalue weighted by Gasteiger charge is 2.20. The van der Waals surface area contributed by atoms with Crippen LogP contribution >= 0.6 is 0 Å². The summed E-state index contributed by atoms with van der Waals surface area (Å²) >= 11 is 0. The molecule has 1 aliphatic heterocycles. The van der Waals surface area contributed by atoms with E-state index in [1.807, 2.05) is 0 Å². The van der Waals surface area contributed by atoms with Gasteiger partial charge in [0.1, 0.15) is 0 Å². The molecule has 0 unspecified atom stereocenters. The van der Waals surface area contributed by atoms with Crippen LogP contribution < -0.4 is 5.32 Å². The second kappa shape index (κ2) is 4.83. The Kier molecular flexibility index (Phi) is 4.02. The van der Waals surface area contributed by atoms with E-state index in [1.54, 1.807) is 0 Å². The van der Waals surface area contributed by atoms with Crippen LogP contribution in [0.2, 0.25) is 0 Å². The van der Waals surface area contributed by atoms with Crippen LogP contribution in [-0.4, -0.2) is 36.6 Å². The number of piperazine rings is 1. The van der Waals surface area contributed by atoms with Crippen molar-refractivity contribution in [3.8, 4) is 0 Å². The summed E-state index contributed by atoms with van der Waals surface area (Å²) in [5.74, 6) is 0. The largest absolute Gasteiger partial charge is 0.312 e. The minimum absolute atomic E-state index is 0.680. The Labute approximate surface area is 76.3 Å². The van der Waals surface area contributed by atoms with Crippen LogP contribution in [0.1, 0.15) is 33.6 Å². The lowest BCUT2D eigenvalue weighted by Gasteiger charge is -2.37. The van der Waals surface area contributed by atoms with E-state index in [-0.39, 0.29) is 0 Å². The van der Waals surface area contributed by atoms with Crippen molar-refractivity contribution >= 4 is 0 Å². The molecular formula is C10H22N2. The number of hydrogen-bond donors (Lipinski definition) is 1. The molecule has 2 nitrogen and oxygen atoms in total. The molecule has 1 saturated heterocycles. The summed E-state index contributed by atoms with van der Waals surface area (Å²) in [6.45, 7) is 10.5. The highest BCUT2D eigenvalue weighted by molar-refractivity contribution is 4.79. The lowest BCUT2D eigenvalue weighted by molar-refractivity contribution is 0.141. The van der Waals surface area contributed by atoms with Crippen molar-refractivity contribution in [2.75, 3.05) is 19.6 Å². The zero-order valence-electron chi connectivity index (χ0n) is 8.64. The normalized spacial score (nSPS) is 26.5. The van der Waals surface area contributed by atoms with Gasteiger partial charge in [-0.25, -0.2) is 0 Å². The summed E-state index contributed by atoms with van der Waals surface area (Å²) in [5, 5.41) is 3.47. The molecule has 1 fully saturated rings. The third kappa shape index (κ3) is 2.46. The van der Waals surface area contributed by atoms with E-state index in [4.69, 9.17) is 0 Å². The third-order valence-electron chi connectivity index (χ3n) is 2.86. The highest BCUT2D eigenvalue weighted by atomic mass is 15.2. The standard InChI is InChI=1S/C10H22N2/c1-4-10(5-2)12-7-6-11-9(3)8-12/h9-11H,4-8H2,1-3H3/t9-/m1/s1. The molecule has 1 N–H and O–H groups in total. The molecule has 1 aliphatic rings. The van der Waals surface area contributed by atoms with Gasteiger partial charge in [-0.15, -0.1) is 0 Å². The third-order valence-corrected chi connectivity index (χ3v) is 2.86. The first-order valence-corrected chi connectivity index (χ1v) is 5.25. The van der Waals surface area contributed by atoms with Gasteiger partial charge in [0.15, 0.2) is 0 Å². The van der Waals surface area contributed by atoms with Gasteiger partial charge < -0.3 is 5.32 Å². The molecule has 0 spiro atoms. The zero-order valence-corrected chi connectivity index (χ0v) is 8.64. The smallest absolute Gasteiger partial charge is 0.0167 e. The lowest BCUT2D eigenvalue weighted by atomic mass is 10.1. The molecule has 0 saturated carbocycles. The molecule has 0 aromatic rings. The van der Waals surface area contributed by atoms with Crippen molar-refractivity contribution < 1.29 is 0 Å². The van der Waals surface area contributed by atoms with Crippen LogP contribution in [0, 0.1) is 0 Å². The van der Waals surface area contributed by atoms with E-state index in [0.29, 0.717) is 6.04 Å². The van der Waals surface area contributed by atoms with Crippen molar-refractivity contribution in [3.63, 3.8) is 0 Å². The van der Waals surface area contributed by atoms with Gasteiger partial charge >= 0.3 is 0 Å². The van der Waals surface area contributed by atoms with E-state index in [0.717, 1.165) is 12.6 Å². The van der Waals surface area contributed by atoms with Gasteiger partial charge in [-0.05, 0) is 19.8 Å². The minimum Gasteiger partial charge on any atom is -0.312 e. The van der Waals surface area contributed by atoms with E-state index >= 15 is 0 Å². The predicted octanol–water partition coefficient (Wildman–Crippen LogP) is 1.47. The monoisotopic (exact) mass is 170 g/mol. The molecule has 0 radical (unpaired) electrons. The quantitative estimate of drug-likeness (QED) is 0.690. The predicted molar refractivity (Wildman–Crippen MR) is 53.4 cm³/mol. The van der Waals surface area contributed by atoms with Crippen LogP contribution in [0.15, 0.2) is 0 Å². The number of rotatable bonds is 3. The first-order chi connectivity index (χ1) is 5.77. The molecule has 1 rings (SSSR count). The van der Waals surface area contributed by atoms with Crippen LogP contribution in [0.25, 0.3) is 0 Å². The molecule has 0 aromatic heterocycles. The molecule has 12 heavy (non-hydrogen) atoms. The Morgan fingerprint density at radius 1 is 1.42 bits per heavy atom. The summed E-state index contributed by atoms with van der Waals surface area (Å²) in [6.07, 6.45) is 2.59. The van der Waals surface area contributed by atoms with Gasteiger partial charge in [-0.1, -0.05) is 13.8 Å². The molecule has 0 amide bonds. The highest BCUT2D eigenvalue weighted by Crippen LogP contribution is 2.10. The number of nitrogens with zero attached hydrogens (tertiary/aromatic N) is 1. The average molecular weight is 170 g/mol. The first-order valence-electron chi connectivity index (χ1n) is 5.25. The van der Waals surface area contributed by atoms with Crippen molar-refractivity contribution in [3.05, 3.63) is 0 Å². The molecule has 0 bridgehead atoms. The molecular weight excluding hydrogens is 148 g/mol. The number of nitrogens with one attached hydrogen (secondary N) is 1. The maximum atomic E-state index is 3.47. The topological polar surface area (TPSA) is 15.3 Å². The second-order valence-electron chi connectivity index (χ2n) is 3.82. The summed E-state index contributed by atoms with van der Waals surface area (Å²) < 4.78 is 0. The Morgan fingerprint density at radius 2 is 2.08 bits per heavy atom. The van der Waals surface area contributed by atoms with E-state index < -0.39 is 0 Å². The SMILES string of the molecule is CCC(CC)N1CCN[C@H](C)C1. The van der Waals surface area contributed by atoms with Crippen molar-refractivity contribution in [1.82, 2.24) is 10.2 Å². The Balaban J connectivity index is 2.38. The molecule has 2 heteroatoms. The van der Waals surface area contributed by atoms with E-state index in [1.165, 1.54) is 25.9 Å². The Bertz CT molecular complexity index is 121. The molecule has 1 heterocycles. The van der Waals surface area contributed by atoms with Crippen molar-refractivity contribution in [2.45, 2.75) is 45.7 Å². The average Bonchev–Trinajstić information content (AvgIpc) is 2.07. The van der Waals surface area contributed by atoms with Gasteiger partial charge in [0, 0.05) is 31.7 Å². The van der Waals surface area contributed by atoms with Crippen LogP contribution in [0.5, 0.6) is 0 Å².